The Morgan fingerprint density at radius 3 is 2.65 bits per heavy atom. The minimum Gasteiger partial charge on any atom is -0.482 e. The van der Waals surface area contributed by atoms with Crippen LogP contribution in [0.15, 0.2) is 21.1 Å². The molecule has 0 aromatic heterocycles. The molecule has 1 aromatic carbocycles. The maximum absolute atomic E-state index is 12.0. The number of aryl methyl sites for hydroxylation is 1. The van der Waals surface area contributed by atoms with Crippen molar-refractivity contribution in [1.29, 1.82) is 0 Å². The van der Waals surface area contributed by atoms with E-state index >= 15 is 0 Å². The summed E-state index contributed by atoms with van der Waals surface area (Å²) in [6.07, 6.45) is 5.93. The van der Waals surface area contributed by atoms with Gasteiger partial charge in [-0.15, -0.1) is 0 Å². The third-order valence-electron chi connectivity index (χ3n) is 3.74. The van der Waals surface area contributed by atoms with Crippen LogP contribution in [0, 0.1) is 6.92 Å². The second kappa shape index (κ2) is 8.99. The van der Waals surface area contributed by atoms with E-state index in [9.17, 15) is 4.79 Å². The number of carbonyl (C=O) groups is 1. The summed E-state index contributed by atoms with van der Waals surface area (Å²) in [6.45, 7) is 1.85. The Balaban J connectivity index is 1.79. The van der Waals surface area contributed by atoms with Crippen molar-refractivity contribution in [3.63, 3.8) is 0 Å². The molecule has 1 fully saturated rings. The van der Waals surface area contributed by atoms with E-state index in [0.29, 0.717) is 16.9 Å². The predicted octanol–water partition coefficient (Wildman–Crippen LogP) is 4.22. The Hall–Kier alpha value is -0.660. The highest BCUT2D eigenvalue weighted by Gasteiger charge is 2.15. The lowest BCUT2D eigenvalue weighted by Gasteiger charge is -2.24. The lowest BCUT2D eigenvalue weighted by atomic mass is 9.96. The van der Waals surface area contributed by atoms with Crippen molar-refractivity contribution >= 4 is 55.1 Å². The standard InChI is InChI=1S/C16H20Br2N2O2S/c1-10-7-11(17)8-13(18)15(10)22-9-14(21)20-16(23)19-12-5-3-2-4-6-12/h7-8,12H,2-6,9H2,1H3,(H2,19,20,21,23). The van der Waals surface area contributed by atoms with E-state index in [-0.39, 0.29) is 12.5 Å². The van der Waals surface area contributed by atoms with Crippen molar-refractivity contribution in [2.24, 2.45) is 0 Å². The zero-order valence-corrected chi connectivity index (χ0v) is 16.9. The van der Waals surface area contributed by atoms with Crippen LogP contribution in [0.25, 0.3) is 0 Å². The quantitative estimate of drug-likeness (QED) is 0.656. The van der Waals surface area contributed by atoms with Crippen LogP contribution >= 0.6 is 44.1 Å². The first kappa shape index (κ1) is 18.7. The molecule has 0 bridgehead atoms. The van der Waals surface area contributed by atoms with Gasteiger partial charge in [0.05, 0.1) is 4.47 Å². The lowest BCUT2D eigenvalue weighted by molar-refractivity contribution is -0.121. The average molecular weight is 464 g/mol. The summed E-state index contributed by atoms with van der Waals surface area (Å²) in [6, 6.07) is 4.20. The zero-order valence-electron chi connectivity index (χ0n) is 13.0. The number of nitrogens with one attached hydrogen (secondary N) is 2. The highest BCUT2D eigenvalue weighted by atomic mass is 79.9. The Morgan fingerprint density at radius 1 is 1.30 bits per heavy atom. The number of amides is 1. The number of rotatable bonds is 4. The predicted molar refractivity (Wildman–Crippen MR) is 103 cm³/mol. The van der Waals surface area contributed by atoms with Crippen LogP contribution in [-0.4, -0.2) is 23.7 Å². The van der Waals surface area contributed by atoms with Crippen molar-refractivity contribution in [1.82, 2.24) is 10.6 Å². The van der Waals surface area contributed by atoms with E-state index in [4.69, 9.17) is 17.0 Å². The number of thiocarbonyl (C=S) groups is 1. The molecule has 1 aromatic rings. The third kappa shape index (κ3) is 6.04. The SMILES string of the molecule is Cc1cc(Br)cc(Br)c1OCC(=O)NC(=S)NC1CCCCC1. The van der Waals surface area contributed by atoms with Gasteiger partial charge in [-0.05, 0) is 65.6 Å². The van der Waals surface area contributed by atoms with Crippen LogP contribution < -0.4 is 15.4 Å². The molecule has 0 spiro atoms. The molecule has 0 unspecified atom stereocenters. The first-order valence-corrected chi connectivity index (χ1v) is 9.64. The number of hydrogen-bond donors (Lipinski definition) is 2. The topological polar surface area (TPSA) is 50.4 Å². The highest BCUT2D eigenvalue weighted by Crippen LogP contribution is 2.32. The van der Waals surface area contributed by atoms with E-state index in [0.717, 1.165) is 27.4 Å². The molecule has 1 amide bonds. The van der Waals surface area contributed by atoms with Gasteiger partial charge in [0, 0.05) is 10.5 Å². The van der Waals surface area contributed by atoms with E-state index in [1.165, 1.54) is 19.3 Å². The smallest absolute Gasteiger partial charge is 0.264 e. The second-order valence-electron chi connectivity index (χ2n) is 5.68. The summed E-state index contributed by atoms with van der Waals surface area (Å²) >= 11 is 12.1. The maximum atomic E-state index is 12.0. The van der Waals surface area contributed by atoms with E-state index in [2.05, 4.69) is 42.5 Å². The molecule has 1 aliphatic carbocycles. The van der Waals surface area contributed by atoms with Crippen LogP contribution in [0.4, 0.5) is 0 Å². The highest BCUT2D eigenvalue weighted by molar-refractivity contribution is 9.11. The van der Waals surface area contributed by atoms with Crippen LogP contribution in [-0.2, 0) is 4.79 Å². The summed E-state index contributed by atoms with van der Waals surface area (Å²) in [5, 5.41) is 6.27. The third-order valence-corrected chi connectivity index (χ3v) is 5.00. The lowest BCUT2D eigenvalue weighted by Crippen LogP contribution is -2.46. The van der Waals surface area contributed by atoms with Gasteiger partial charge in [0.1, 0.15) is 5.75 Å². The molecule has 2 N–H and O–H groups in total. The van der Waals surface area contributed by atoms with Gasteiger partial charge < -0.3 is 15.4 Å². The van der Waals surface area contributed by atoms with Crippen LogP contribution in [0.3, 0.4) is 0 Å². The van der Waals surface area contributed by atoms with Gasteiger partial charge in [-0.2, -0.15) is 0 Å². The Morgan fingerprint density at radius 2 is 2.00 bits per heavy atom. The summed E-state index contributed by atoms with van der Waals surface area (Å²) in [5.74, 6) is 0.405. The van der Waals surface area contributed by atoms with Gasteiger partial charge in [-0.3, -0.25) is 4.79 Å². The number of ether oxygens (including phenoxy) is 1. The number of hydrogen-bond acceptors (Lipinski definition) is 3. The maximum Gasteiger partial charge on any atom is 0.264 e. The molecule has 1 saturated carbocycles. The summed E-state index contributed by atoms with van der Waals surface area (Å²) < 4.78 is 7.37. The molecule has 126 valence electrons. The van der Waals surface area contributed by atoms with Crippen LogP contribution in [0.1, 0.15) is 37.7 Å². The molecule has 0 saturated heterocycles. The molecule has 4 nitrogen and oxygen atoms in total. The molecule has 2 rings (SSSR count). The van der Waals surface area contributed by atoms with Crippen molar-refractivity contribution in [3.05, 3.63) is 26.6 Å². The Bertz CT molecular complexity index is 566. The van der Waals surface area contributed by atoms with Gasteiger partial charge in [0.15, 0.2) is 11.7 Å². The molecular formula is C16H20Br2N2O2S. The van der Waals surface area contributed by atoms with Gasteiger partial charge in [0.2, 0.25) is 0 Å². The minimum atomic E-state index is -0.257. The zero-order chi connectivity index (χ0) is 16.8. The molecule has 0 atom stereocenters. The Kier molecular flexibility index (Phi) is 7.30. The molecule has 1 aliphatic rings. The molecule has 0 aliphatic heterocycles. The van der Waals surface area contributed by atoms with Gasteiger partial charge in [0.25, 0.3) is 5.91 Å². The fourth-order valence-electron chi connectivity index (χ4n) is 2.64. The van der Waals surface area contributed by atoms with Gasteiger partial charge in [-0.1, -0.05) is 35.2 Å². The Labute approximate surface area is 159 Å². The van der Waals surface area contributed by atoms with Crippen LogP contribution in [0.2, 0.25) is 0 Å². The van der Waals surface area contributed by atoms with Crippen LogP contribution in [0.5, 0.6) is 5.75 Å². The minimum absolute atomic E-state index is 0.0758. The molecule has 0 heterocycles. The first-order chi connectivity index (χ1) is 11.0. The van der Waals surface area contributed by atoms with Crippen molar-refractivity contribution in [3.8, 4) is 5.75 Å². The molecule has 7 heteroatoms. The van der Waals surface area contributed by atoms with Gasteiger partial charge in [-0.25, -0.2) is 0 Å². The number of halogens is 2. The van der Waals surface area contributed by atoms with E-state index in [1.54, 1.807) is 0 Å². The second-order valence-corrected chi connectivity index (χ2v) is 7.86. The normalized spacial score (nSPS) is 15.1. The fourth-order valence-corrected chi connectivity index (χ4v) is 4.47. The van der Waals surface area contributed by atoms with Crippen molar-refractivity contribution < 1.29 is 9.53 Å². The largest absolute Gasteiger partial charge is 0.482 e. The average Bonchev–Trinajstić information content (AvgIpc) is 2.46. The van der Waals surface area contributed by atoms with E-state index < -0.39 is 0 Å². The van der Waals surface area contributed by atoms with Crippen molar-refractivity contribution in [2.45, 2.75) is 45.1 Å². The van der Waals surface area contributed by atoms with Crippen molar-refractivity contribution in [2.75, 3.05) is 6.61 Å². The van der Waals surface area contributed by atoms with E-state index in [1.807, 2.05) is 19.1 Å². The number of carbonyl (C=O) groups excluding carboxylic acids is 1. The summed E-state index contributed by atoms with van der Waals surface area (Å²) in [7, 11) is 0. The molecule has 0 radical (unpaired) electrons. The number of benzene rings is 1. The first-order valence-electron chi connectivity index (χ1n) is 7.64. The molecular weight excluding hydrogens is 444 g/mol. The monoisotopic (exact) mass is 462 g/mol. The van der Waals surface area contributed by atoms with Gasteiger partial charge >= 0.3 is 0 Å². The fraction of sp³-hybridized carbons (Fsp3) is 0.500. The summed E-state index contributed by atoms with van der Waals surface area (Å²) in [5.41, 5.74) is 0.946. The summed E-state index contributed by atoms with van der Waals surface area (Å²) in [4.78, 5) is 12.0. The molecule has 23 heavy (non-hydrogen) atoms.